The van der Waals surface area contributed by atoms with E-state index in [1.54, 1.807) is 10.7 Å². The second kappa shape index (κ2) is 7.99. The molecule has 2 aromatic carbocycles. The van der Waals surface area contributed by atoms with Crippen LogP contribution in [0.5, 0.6) is 0 Å². The van der Waals surface area contributed by atoms with Crippen molar-refractivity contribution in [1.82, 2.24) is 19.2 Å². The summed E-state index contributed by atoms with van der Waals surface area (Å²) < 4.78 is 4.04. The number of carbonyl (C=O) groups is 1. The summed E-state index contributed by atoms with van der Waals surface area (Å²) in [5.74, 6) is 1.01. The molecule has 4 aromatic rings. The van der Waals surface area contributed by atoms with Gasteiger partial charge < -0.3 is 15.2 Å². The molecule has 0 bridgehead atoms. The second-order valence-corrected chi connectivity index (χ2v) is 9.87. The highest BCUT2D eigenvalue weighted by Crippen LogP contribution is 2.40. The number of allylic oxidation sites excluding steroid dienone is 1. The van der Waals surface area contributed by atoms with Crippen LogP contribution in [0.3, 0.4) is 0 Å². The molecule has 34 heavy (non-hydrogen) atoms. The van der Waals surface area contributed by atoms with Crippen molar-refractivity contribution in [2.45, 2.75) is 19.9 Å². The van der Waals surface area contributed by atoms with Gasteiger partial charge in [0.2, 0.25) is 0 Å². The van der Waals surface area contributed by atoms with Gasteiger partial charge in [-0.15, -0.1) is 0 Å². The summed E-state index contributed by atoms with van der Waals surface area (Å²) in [7, 11) is 2.23. The first-order chi connectivity index (χ1) is 16.4. The SMILES string of the molecule is Cc1cc(C(N)=O)nn1-c1ccc2c(ccn2Cc2ccc(C3=CC4CN(C)CC4C3)cc2)c1. The molecule has 6 heteroatoms. The van der Waals surface area contributed by atoms with Crippen LogP contribution in [-0.4, -0.2) is 45.3 Å². The molecule has 0 saturated carbocycles. The van der Waals surface area contributed by atoms with Crippen LogP contribution >= 0.6 is 0 Å². The predicted molar refractivity (Wildman–Crippen MR) is 135 cm³/mol. The molecule has 172 valence electrons. The molecule has 0 radical (unpaired) electrons. The highest BCUT2D eigenvalue weighted by atomic mass is 16.1. The van der Waals surface area contributed by atoms with Crippen molar-refractivity contribution in [3.63, 3.8) is 0 Å². The fraction of sp³-hybridized carbons (Fsp3) is 0.286. The quantitative estimate of drug-likeness (QED) is 0.493. The largest absolute Gasteiger partial charge is 0.364 e. The summed E-state index contributed by atoms with van der Waals surface area (Å²) in [6.45, 7) is 5.16. The number of fused-ring (bicyclic) bond motifs is 2. The number of nitrogens with two attached hydrogens (primary N) is 1. The fourth-order valence-electron chi connectivity index (χ4n) is 5.68. The van der Waals surface area contributed by atoms with Gasteiger partial charge in [0.25, 0.3) is 5.91 Å². The number of aryl methyl sites for hydroxylation is 1. The van der Waals surface area contributed by atoms with Gasteiger partial charge in [-0.1, -0.05) is 30.3 Å². The predicted octanol–water partition coefficient (Wildman–Crippen LogP) is 4.25. The van der Waals surface area contributed by atoms with Crippen LogP contribution in [0.1, 0.15) is 33.7 Å². The fourth-order valence-corrected chi connectivity index (χ4v) is 5.68. The van der Waals surface area contributed by atoms with E-state index in [0.717, 1.165) is 35.1 Å². The summed E-state index contributed by atoms with van der Waals surface area (Å²) >= 11 is 0. The number of primary amides is 1. The number of likely N-dealkylation sites (tertiary alicyclic amines) is 1. The molecular formula is C28H29N5O. The summed E-state index contributed by atoms with van der Waals surface area (Å²) in [4.78, 5) is 13.9. The van der Waals surface area contributed by atoms with Gasteiger partial charge in [0.15, 0.2) is 5.69 Å². The van der Waals surface area contributed by atoms with E-state index >= 15 is 0 Å². The molecule has 3 heterocycles. The summed E-state index contributed by atoms with van der Waals surface area (Å²) in [5, 5.41) is 5.49. The molecule has 1 amide bonds. The Hall–Kier alpha value is -3.64. The standard InChI is InChI=1S/C28H29N5O/c1-18-11-26(28(29)34)30-33(18)25-7-8-27-21(14-25)9-10-32(27)15-19-3-5-20(6-4-19)22-12-23-16-31(2)17-24(23)13-22/h3-12,14,23-24H,13,15-17H2,1-2H3,(H2,29,34). The zero-order valence-corrected chi connectivity index (χ0v) is 19.6. The normalized spacial score (nSPS) is 20.1. The summed E-state index contributed by atoms with van der Waals surface area (Å²) in [5.41, 5.74) is 12.8. The number of hydrogen-bond acceptors (Lipinski definition) is 3. The van der Waals surface area contributed by atoms with E-state index in [4.69, 9.17) is 5.73 Å². The summed E-state index contributed by atoms with van der Waals surface area (Å²) in [6.07, 6.45) is 5.84. The smallest absolute Gasteiger partial charge is 0.269 e. The average Bonchev–Trinajstić information content (AvgIpc) is 3.57. The Morgan fingerprint density at radius 2 is 1.91 bits per heavy atom. The average molecular weight is 452 g/mol. The van der Waals surface area contributed by atoms with E-state index in [9.17, 15) is 4.79 Å². The molecule has 1 aliphatic heterocycles. The number of carbonyl (C=O) groups excluding carboxylic acids is 1. The first-order valence-electron chi connectivity index (χ1n) is 11.9. The van der Waals surface area contributed by atoms with E-state index in [1.807, 2.05) is 13.0 Å². The van der Waals surface area contributed by atoms with Crippen molar-refractivity contribution in [2.24, 2.45) is 17.6 Å². The third-order valence-electron chi connectivity index (χ3n) is 7.39. The maximum Gasteiger partial charge on any atom is 0.269 e. The van der Waals surface area contributed by atoms with Gasteiger partial charge in [0, 0.05) is 42.4 Å². The third kappa shape index (κ3) is 3.64. The van der Waals surface area contributed by atoms with Gasteiger partial charge in [-0.2, -0.15) is 5.10 Å². The Morgan fingerprint density at radius 3 is 2.65 bits per heavy atom. The van der Waals surface area contributed by atoms with Gasteiger partial charge in [-0.25, -0.2) is 4.68 Å². The molecule has 0 spiro atoms. The van der Waals surface area contributed by atoms with Crippen molar-refractivity contribution in [3.8, 4) is 5.69 Å². The first-order valence-corrected chi connectivity index (χ1v) is 11.9. The molecule has 6 rings (SSSR count). The van der Waals surface area contributed by atoms with Gasteiger partial charge in [0.1, 0.15) is 0 Å². The molecule has 1 fully saturated rings. The van der Waals surface area contributed by atoms with Crippen molar-refractivity contribution >= 4 is 22.4 Å². The Labute approximate surface area is 199 Å². The van der Waals surface area contributed by atoms with Crippen LogP contribution in [-0.2, 0) is 6.54 Å². The van der Waals surface area contributed by atoms with E-state index in [0.29, 0.717) is 0 Å². The van der Waals surface area contributed by atoms with Crippen LogP contribution in [0.15, 0.2) is 66.9 Å². The van der Waals surface area contributed by atoms with Crippen LogP contribution < -0.4 is 5.73 Å². The lowest BCUT2D eigenvalue weighted by molar-refractivity contribution is 0.0995. The van der Waals surface area contributed by atoms with E-state index in [-0.39, 0.29) is 5.69 Å². The maximum absolute atomic E-state index is 11.5. The number of rotatable bonds is 5. The van der Waals surface area contributed by atoms with Gasteiger partial charge in [-0.3, -0.25) is 4.79 Å². The Balaban J connectivity index is 1.21. The lowest BCUT2D eigenvalue weighted by atomic mass is 9.98. The molecule has 1 aliphatic carbocycles. The number of nitrogens with zero attached hydrogens (tertiary/aromatic N) is 4. The lowest BCUT2D eigenvalue weighted by Gasteiger charge is -2.11. The zero-order valence-electron chi connectivity index (χ0n) is 19.6. The molecule has 2 unspecified atom stereocenters. The highest BCUT2D eigenvalue weighted by molar-refractivity contribution is 5.91. The van der Waals surface area contributed by atoms with Crippen molar-refractivity contribution in [1.29, 1.82) is 0 Å². The molecule has 2 aromatic heterocycles. The highest BCUT2D eigenvalue weighted by Gasteiger charge is 2.34. The molecule has 2 aliphatic rings. The number of amides is 1. The van der Waals surface area contributed by atoms with Crippen LogP contribution in [0.2, 0.25) is 0 Å². The third-order valence-corrected chi connectivity index (χ3v) is 7.39. The Morgan fingerprint density at radius 1 is 1.09 bits per heavy atom. The zero-order chi connectivity index (χ0) is 23.4. The minimum atomic E-state index is -0.514. The number of hydrogen-bond donors (Lipinski definition) is 1. The monoisotopic (exact) mass is 451 g/mol. The van der Waals surface area contributed by atoms with Gasteiger partial charge in [0.05, 0.1) is 5.69 Å². The molecule has 6 nitrogen and oxygen atoms in total. The van der Waals surface area contributed by atoms with Crippen molar-refractivity contribution in [2.75, 3.05) is 20.1 Å². The van der Waals surface area contributed by atoms with Gasteiger partial charge >= 0.3 is 0 Å². The molecule has 1 saturated heterocycles. The van der Waals surface area contributed by atoms with Crippen LogP contribution in [0.4, 0.5) is 0 Å². The van der Waals surface area contributed by atoms with E-state index < -0.39 is 5.91 Å². The topological polar surface area (TPSA) is 69.1 Å². The second-order valence-electron chi connectivity index (χ2n) is 9.87. The van der Waals surface area contributed by atoms with Crippen molar-refractivity contribution in [3.05, 3.63) is 89.4 Å². The van der Waals surface area contributed by atoms with Crippen LogP contribution in [0, 0.1) is 18.8 Å². The van der Waals surface area contributed by atoms with Crippen molar-refractivity contribution < 1.29 is 4.79 Å². The Kier molecular flexibility index (Phi) is 4.92. The lowest BCUT2D eigenvalue weighted by Crippen LogP contribution is -2.14. The molecular weight excluding hydrogens is 422 g/mol. The molecule has 2 N–H and O–H groups in total. The minimum Gasteiger partial charge on any atom is -0.364 e. The maximum atomic E-state index is 11.5. The summed E-state index contributed by atoms with van der Waals surface area (Å²) in [6, 6.07) is 19.2. The van der Waals surface area contributed by atoms with E-state index in [1.165, 1.54) is 41.7 Å². The number of benzene rings is 2. The van der Waals surface area contributed by atoms with Crippen LogP contribution in [0.25, 0.3) is 22.2 Å². The van der Waals surface area contributed by atoms with E-state index in [2.05, 4.69) is 76.4 Å². The first kappa shape index (κ1) is 20.9. The minimum absolute atomic E-state index is 0.280. The Bertz CT molecular complexity index is 1430. The molecule has 2 atom stereocenters. The van der Waals surface area contributed by atoms with Gasteiger partial charge in [-0.05, 0) is 79.3 Å². The number of aromatic nitrogens is 3.